The SMILES string of the molecule is Cc1cc(C(=O)CCl)c(C)n1C1CCN(C2CC2)C1. The molecule has 1 aliphatic carbocycles. The molecule has 0 spiro atoms. The summed E-state index contributed by atoms with van der Waals surface area (Å²) in [4.78, 5) is 14.4. The topological polar surface area (TPSA) is 25.2 Å². The molecule has 1 aromatic heterocycles. The van der Waals surface area contributed by atoms with Gasteiger partial charge in [-0.1, -0.05) is 0 Å². The minimum absolute atomic E-state index is 0.0399. The van der Waals surface area contributed by atoms with Crippen LogP contribution in [0.15, 0.2) is 6.07 Å². The molecule has 1 saturated carbocycles. The molecule has 0 aromatic carbocycles. The van der Waals surface area contributed by atoms with Crippen LogP contribution in [0.4, 0.5) is 0 Å². The van der Waals surface area contributed by atoms with Crippen LogP contribution in [0.2, 0.25) is 0 Å². The first-order chi connectivity index (χ1) is 9.11. The van der Waals surface area contributed by atoms with Crippen LogP contribution in [0.1, 0.15) is 47.1 Å². The molecule has 2 heterocycles. The molecular formula is C15H21ClN2O. The van der Waals surface area contributed by atoms with Gasteiger partial charge in [-0.15, -0.1) is 11.6 Å². The number of Topliss-reactive ketones (excluding diaryl/α,β-unsaturated/α-hetero) is 1. The number of hydrogen-bond acceptors (Lipinski definition) is 2. The van der Waals surface area contributed by atoms with Crippen molar-refractivity contribution in [2.75, 3.05) is 19.0 Å². The fourth-order valence-electron chi connectivity index (χ4n) is 3.44. The molecule has 2 aliphatic rings. The predicted octanol–water partition coefficient (Wildman–Crippen LogP) is 2.94. The Morgan fingerprint density at radius 2 is 2.05 bits per heavy atom. The van der Waals surface area contributed by atoms with Gasteiger partial charge in [-0.25, -0.2) is 0 Å². The maximum Gasteiger partial charge on any atom is 0.179 e. The van der Waals surface area contributed by atoms with Gasteiger partial charge in [0, 0.05) is 42.1 Å². The van der Waals surface area contributed by atoms with Crippen molar-refractivity contribution < 1.29 is 4.79 Å². The molecule has 1 unspecified atom stereocenters. The van der Waals surface area contributed by atoms with E-state index in [2.05, 4.69) is 16.4 Å². The molecule has 0 bridgehead atoms. The van der Waals surface area contributed by atoms with Crippen LogP contribution in [-0.2, 0) is 0 Å². The Morgan fingerprint density at radius 1 is 1.32 bits per heavy atom. The Morgan fingerprint density at radius 3 is 2.68 bits per heavy atom. The quantitative estimate of drug-likeness (QED) is 0.626. The van der Waals surface area contributed by atoms with E-state index >= 15 is 0 Å². The van der Waals surface area contributed by atoms with Gasteiger partial charge in [-0.2, -0.15) is 0 Å². The lowest BCUT2D eigenvalue weighted by molar-refractivity contribution is 0.102. The molecular weight excluding hydrogens is 260 g/mol. The normalized spacial score (nSPS) is 24.1. The molecule has 1 saturated heterocycles. The maximum absolute atomic E-state index is 11.8. The van der Waals surface area contributed by atoms with Gasteiger partial charge in [0.2, 0.25) is 0 Å². The molecule has 19 heavy (non-hydrogen) atoms. The van der Waals surface area contributed by atoms with Crippen LogP contribution < -0.4 is 0 Å². The van der Waals surface area contributed by atoms with Gasteiger partial charge in [0.25, 0.3) is 0 Å². The van der Waals surface area contributed by atoms with Crippen molar-refractivity contribution in [2.45, 2.75) is 45.2 Å². The second-order valence-corrected chi connectivity index (χ2v) is 6.15. The number of rotatable bonds is 4. The highest BCUT2D eigenvalue weighted by Crippen LogP contribution is 2.35. The number of alkyl halides is 1. The Labute approximate surface area is 119 Å². The number of likely N-dealkylation sites (tertiary alicyclic amines) is 1. The molecule has 1 aromatic rings. The van der Waals surface area contributed by atoms with E-state index in [4.69, 9.17) is 11.6 Å². The first-order valence-electron chi connectivity index (χ1n) is 7.13. The van der Waals surface area contributed by atoms with Crippen molar-refractivity contribution in [3.8, 4) is 0 Å². The average Bonchev–Trinajstić information content (AvgIpc) is 3.07. The molecule has 1 atom stereocenters. The van der Waals surface area contributed by atoms with E-state index < -0.39 is 0 Å². The monoisotopic (exact) mass is 280 g/mol. The van der Waals surface area contributed by atoms with Crippen molar-refractivity contribution in [3.05, 3.63) is 23.0 Å². The third kappa shape index (κ3) is 2.34. The summed E-state index contributed by atoms with van der Waals surface area (Å²) < 4.78 is 2.35. The molecule has 0 amide bonds. The van der Waals surface area contributed by atoms with Gasteiger partial charge in [0.05, 0.1) is 5.88 Å². The number of carbonyl (C=O) groups is 1. The van der Waals surface area contributed by atoms with Gasteiger partial charge in [0.1, 0.15) is 0 Å². The number of aryl methyl sites for hydroxylation is 1. The predicted molar refractivity (Wildman–Crippen MR) is 77.2 cm³/mol. The highest BCUT2D eigenvalue weighted by molar-refractivity contribution is 6.30. The van der Waals surface area contributed by atoms with Crippen LogP contribution in [-0.4, -0.2) is 40.3 Å². The van der Waals surface area contributed by atoms with Crippen molar-refractivity contribution >= 4 is 17.4 Å². The van der Waals surface area contributed by atoms with Gasteiger partial charge < -0.3 is 4.57 Å². The summed E-state index contributed by atoms with van der Waals surface area (Å²) in [6, 6.07) is 3.36. The fraction of sp³-hybridized carbons (Fsp3) is 0.667. The van der Waals surface area contributed by atoms with E-state index in [0.29, 0.717) is 6.04 Å². The second-order valence-electron chi connectivity index (χ2n) is 5.88. The zero-order chi connectivity index (χ0) is 13.6. The van der Waals surface area contributed by atoms with Crippen molar-refractivity contribution in [1.29, 1.82) is 0 Å². The number of carbonyl (C=O) groups excluding carboxylic acids is 1. The summed E-state index contributed by atoms with van der Waals surface area (Å²) in [6.07, 6.45) is 3.93. The number of nitrogens with zero attached hydrogens (tertiary/aromatic N) is 2. The van der Waals surface area contributed by atoms with Crippen LogP contribution in [0.25, 0.3) is 0 Å². The van der Waals surface area contributed by atoms with Gasteiger partial charge in [-0.05, 0) is 39.2 Å². The van der Waals surface area contributed by atoms with Gasteiger partial charge in [0.15, 0.2) is 5.78 Å². The molecule has 2 fully saturated rings. The number of aromatic nitrogens is 1. The number of ketones is 1. The Hall–Kier alpha value is -0.800. The van der Waals surface area contributed by atoms with Crippen molar-refractivity contribution in [2.24, 2.45) is 0 Å². The molecule has 1 aliphatic heterocycles. The first-order valence-corrected chi connectivity index (χ1v) is 7.67. The number of halogens is 1. The van der Waals surface area contributed by atoms with Crippen LogP contribution in [0.5, 0.6) is 0 Å². The molecule has 0 radical (unpaired) electrons. The summed E-state index contributed by atoms with van der Waals surface area (Å²) in [7, 11) is 0. The largest absolute Gasteiger partial charge is 0.344 e. The zero-order valence-electron chi connectivity index (χ0n) is 11.7. The number of hydrogen-bond donors (Lipinski definition) is 0. The summed E-state index contributed by atoms with van der Waals surface area (Å²) in [5.74, 6) is 0.112. The smallest absolute Gasteiger partial charge is 0.179 e. The van der Waals surface area contributed by atoms with E-state index in [1.165, 1.54) is 31.5 Å². The maximum atomic E-state index is 11.8. The molecule has 4 heteroatoms. The molecule has 3 rings (SSSR count). The first kappa shape index (κ1) is 13.2. The van der Waals surface area contributed by atoms with Crippen molar-refractivity contribution in [1.82, 2.24) is 9.47 Å². The van der Waals surface area contributed by atoms with Gasteiger partial charge in [-0.3, -0.25) is 9.69 Å². The fourth-order valence-corrected chi connectivity index (χ4v) is 3.59. The second kappa shape index (κ2) is 4.95. The summed E-state index contributed by atoms with van der Waals surface area (Å²) in [6.45, 7) is 6.48. The lowest BCUT2D eigenvalue weighted by Crippen LogP contribution is -2.24. The Balaban J connectivity index is 1.84. The highest BCUT2D eigenvalue weighted by Gasteiger charge is 2.35. The Kier molecular flexibility index (Phi) is 3.44. The standard InChI is InChI=1S/C15H21ClN2O/c1-10-7-14(15(19)8-16)11(2)18(10)13-5-6-17(9-13)12-3-4-12/h7,12-13H,3-6,8-9H2,1-2H3. The summed E-state index contributed by atoms with van der Waals surface area (Å²) >= 11 is 5.69. The van der Waals surface area contributed by atoms with E-state index in [0.717, 1.165) is 23.8 Å². The minimum Gasteiger partial charge on any atom is -0.344 e. The van der Waals surface area contributed by atoms with E-state index in [-0.39, 0.29) is 11.7 Å². The summed E-state index contributed by atoms with van der Waals surface area (Å²) in [5, 5.41) is 0. The average molecular weight is 281 g/mol. The third-order valence-electron chi connectivity index (χ3n) is 4.53. The van der Waals surface area contributed by atoms with Crippen LogP contribution in [0.3, 0.4) is 0 Å². The van der Waals surface area contributed by atoms with E-state index in [1.54, 1.807) is 0 Å². The van der Waals surface area contributed by atoms with E-state index in [9.17, 15) is 4.79 Å². The summed E-state index contributed by atoms with van der Waals surface area (Å²) in [5.41, 5.74) is 3.08. The molecule has 0 N–H and O–H groups in total. The lowest BCUT2D eigenvalue weighted by atomic mass is 10.2. The van der Waals surface area contributed by atoms with Gasteiger partial charge >= 0.3 is 0 Å². The van der Waals surface area contributed by atoms with Crippen molar-refractivity contribution in [3.63, 3.8) is 0 Å². The lowest BCUT2D eigenvalue weighted by Gasteiger charge is -2.19. The van der Waals surface area contributed by atoms with E-state index in [1.807, 2.05) is 13.0 Å². The minimum atomic E-state index is 0.0399. The zero-order valence-corrected chi connectivity index (χ0v) is 12.4. The highest BCUT2D eigenvalue weighted by atomic mass is 35.5. The van der Waals surface area contributed by atoms with Crippen LogP contribution in [0, 0.1) is 13.8 Å². The molecule has 104 valence electrons. The molecule has 3 nitrogen and oxygen atoms in total. The van der Waals surface area contributed by atoms with Crippen LogP contribution >= 0.6 is 11.6 Å². The Bertz CT molecular complexity index is 504. The third-order valence-corrected chi connectivity index (χ3v) is 4.77.